The highest BCUT2D eigenvalue weighted by molar-refractivity contribution is 7.80. The van der Waals surface area contributed by atoms with Crippen LogP contribution >= 0.6 is 12.2 Å². The number of hydrogen-bond donors (Lipinski definition) is 1. The van der Waals surface area contributed by atoms with Gasteiger partial charge in [0.15, 0.2) is 0 Å². The first-order chi connectivity index (χ1) is 8.90. The van der Waals surface area contributed by atoms with Crippen LogP contribution in [-0.2, 0) is 4.79 Å². The molecule has 1 amide bonds. The number of rotatable bonds is 5. The third kappa shape index (κ3) is 3.10. The topological polar surface area (TPSA) is 46.3 Å². The summed E-state index contributed by atoms with van der Waals surface area (Å²) in [6, 6.07) is 0.341. The van der Waals surface area contributed by atoms with Crippen LogP contribution in [0.5, 0.6) is 0 Å². The van der Waals surface area contributed by atoms with Crippen molar-refractivity contribution in [2.45, 2.75) is 65.3 Å². The Morgan fingerprint density at radius 1 is 1.32 bits per heavy atom. The van der Waals surface area contributed by atoms with Crippen LogP contribution in [0, 0.1) is 11.3 Å². The summed E-state index contributed by atoms with van der Waals surface area (Å²) >= 11 is 5.18. The Kier molecular flexibility index (Phi) is 5.78. The van der Waals surface area contributed by atoms with E-state index in [0.717, 1.165) is 6.42 Å². The molecule has 0 aromatic rings. The van der Waals surface area contributed by atoms with Gasteiger partial charge < -0.3 is 10.6 Å². The van der Waals surface area contributed by atoms with Crippen LogP contribution < -0.4 is 5.73 Å². The van der Waals surface area contributed by atoms with Crippen LogP contribution in [0.3, 0.4) is 0 Å². The molecule has 0 aliphatic heterocycles. The second kappa shape index (κ2) is 6.69. The van der Waals surface area contributed by atoms with Crippen LogP contribution in [0.1, 0.15) is 59.3 Å². The molecule has 0 spiro atoms. The number of hydrogen-bond acceptors (Lipinski definition) is 2. The minimum atomic E-state index is -0.652. The van der Waals surface area contributed by atoms with Crippen LogP contribution in [0.2, 0.25) is 0 Å². The number of thiocarbonyl (C=S) groups is 1. The van der Waals surface area contributed by atoms with Crippen molar-refractivity contribution in [3.8, 4) is 0 Å². The predicted molar refractivity (Wildman–Crippen MR) is 84.0 cm³/mol. The fraction of sp³-hybridized carbons (Fsp3) is 0.867. The summed E-state index contributed by atoms with van der Waals surface area (Å²) in [4.78, 5) is 15.1. The van der Waals surface area contributed by atoms with Gasteiger partial charge in [-0.1, -0.05) is 45.8 Å². The van der Waals surface area contributed by atoms with E-state index in [1.165, 1.54) is 19.3 Å². The second-order valence-corrected chi connectivity index (χ2v) is 6.34. The average molecular weight is 284 g/mol. The zero-order chi connectivity index (χ0) is 14.6. The number of nitrogens with zero attached hydrogens (tertiary/aromatic N) is 1. The van der Waals surface area contributed by atoms with Gasteiger partial charge in [-0.3, -0.25) is 4.79 Å². The average Bonchev–Trinajstić information content (AvgIpc) is 2.40. The molecule has 2 N–H and O–H groups in total. The van der Waals surface area contributed by atoms with Crippen LogP contribution in [0.25, 0.3) is 0 Å². The predicted octanol–water partition coefficient (Wildman–Crippen LogP) is 3.12. The Balaban J connectivity index is 2.93. The smallest absolute Gasteiger partial charge is 0.235 e. The largest absolute Gasteiger partial charge is 0.392 e. The van der Waals surface area contributed by atoms with Gasteiger partial charge >= 0.3 is 0 Å². The molecule has 0 saturated heterocycles. The summed E-state index contributed by atoms with van der Waals surface area (Å²) in [6.45, 7) is 6.24. The third-order valence-corrected chi connectivity index (χ3v) is 5.36. The Hall–Kier alpha value is -0.640. The molecule has 0 radical (unpaired) electrons. The third-order valence-electron chi connectivity index (χ3n) is 4.97. The monoisotopic (exact) mass is 284 g/mol. The van der Waals surface area contributed by atoms with Gasteiger partial charge in [-0.25, -0.2) is 0 Å². The van der Waals surface area contributed by atoms with Crippen molar-refractivity contribution in [3.63, 3.8) is 0 Å². The van der Waals surface area contributed by atoms with E-state index in [9.17, 15) is 4.79 Å². The molecule has 2 unspecified atom stereocenters. The van der Waals surface area contributed by atoms with Crippen molar-refractivity contribution < 1.29 is 4.79 Å². The first kappa shape index (κ1) is 16.4. The van der Waals surface area contributed by atoms with Crippen LogP contribution in [0.15, 0.2) is 0 Å². The van der Waals surface area contributed by atoms with E-state index in [1.54, 1.807) is 0 Å². The fourth-order valence-electron chi connectivity index (χ4n) is 3.37. The maximum Gasteiger partial charge on any atom is 0.235 e. The summed E-state index contributed by atoms with van der Waals surface area (Å²) in [5, 5.41) is 0. The summed E-state index contributed by atoms with van der Waals surface area (Å²) in [6.07, 6.45) is 6.17. The standard InChI is InChI=1S/C15H28N2OS/c1-5-15(6-2,13(16)19)14(18)17(4)12-10-8-7-9-11(12)3/h11-12H,5-10H2,1-4H3,(H2,16,19). The molecule has 1 rings (SSSR count). The summed E-state index contributed by atoms with van der Waals surface area (Å²) in [5.74, 6) is 0.684. The SMILES string of the molecule is CCC(CC)(C(=O)N(C)C1CCCCC1C)C(N)=S. The van der Waals surface area contributed by atoms with E-state index >= 15 is 0 Å². The quantitative estimate of drug-likeness (QED) is 0.789. The lowest BCUT2D eigenvalue weighted by atomic mass is 9.78. The van der Waals surface area contributed by atoms with Crippen molar-refractivity contribution >= 4 is 23.1 Å². The highest BCUT2D eigenvalue weighted by atomic mass is 32.1. The molecular weight excluding hydrogens is 256 g/mol. The molecule has 110 valence electrons. The van der Waals surface area contributed by atoms with Crippen LogP contribution in [0.4, 0.5) is 0 Å². The first-order valence-electron chi connectivity index (χ1n) is 7.47. The van der Waals surface area contributed by atoms with Crippen LogP contribution in [-0.4, -0.2) is 28.9 Å². The van der Waals surface area contributed by atoms with Crippen molar-refractivity contribution in [1.29, 1.82) is 0 Å². The van der Waals surface area contributed by atoms with Gasteiger partial charge in [0.2, 0.25) is 5.91 Å². The lowest BCUT2D eigenvalue weighted by Gasteiger charge is -2.41. The second-order valence-electron chi connectivity index (χ2n) is 5.90. The fourth-order valence-corrected chi connectivity index (χ4v) is 3.74. The molecule has 0 heterocycles. The molecule has 0 aromatic heterocycles. The van der Waals surface area contributed by atoms with Gasteiger partial charge in [0.1, 0.15) is 0 Å². The molecule has 19 heavy (non-hydrogen) atoms. The lowest BCUT2D eigenvalue weighted by Crippen LogP contribution is -2.53. The summed E-state index contributed by atoms with van der Waals surface area (Å²) in [7, 11) is 1.92. The molecule has 3 nitrogen and oxygen atoms in total. The molecule has 1 saturated carbocycles. The zero-order valence-corrected chi connectivity index (χ0v) is 13.6. The van der Waals surface area contributed by atoms with E-state index in [4.69, 9.17) is 18.0 Å². The molecule has 0 bridgehead atoms. The zero-order valence-electron chi connectivity index (χ0n) is 12.7. The molecular formula is C15H28N2OS. The molecule has 4 heteroatoms. The minimum Gasteiger partial charge on any atom is -0.392 e. The van der Waals surface area contributed by atoms with E-state index in [2.05, 4.69) is 6.92 Å². The molecule has 0 aromatic carbocycles. The van der Waals surface area contributed by atoms with Crippen molar-refractivity contribution in [2.75, 3.05) is 7.05 Å². The van der Waals surface area contributed by atoms with E-state index < -0.39 is 5.41 Å². The van der Waals surface area contributed by atoms with E-state index in [0.29, 0.717) is 29.8 Å². The van der Waals surface area contributed by atoms with Gasteiger partial charge in [0.05, 0.1) is 10.4 Å². The Labute approximate surface area is 122 Å². The van der Waals surface area contributed by atoms with E-state index in [-0.39, 0.29) is 5.91 Å². The maximum absolute atomic E-state index is 12.9. The normalized spacial score (nSPS) is 24.0. The maximum atomic E-state index is 12.9. The van der Waals surface area contributed by atoms with Gasteiger partial charge in [-0.15, -0.1) is 0 Å². The Morgan fingerprint density at radius 2 is 1.84 bits per heavy atom. The highest BCUT2D eigenvalue weighted by Crippen LogP contribution is 2.34. The number of carbonyl (C=O) groups is 1. The molecule has 1 fully saturated rings. The molecule has 1 aliphatic rings. The van der Waals surface area contributed by atoms with Gasteiger partial charge in [0, 0.05) is 13.1 Å². The summed E-state index contributed by atoms with van der Waals surface area (Å²) < 4.78 is 0. The van der Waals surface area contributed by atoms with Crippen molar-refractivity contribution in [1.82, 2.24) is 4.90 Å². The highest BCUT2D eigenvalue weighted by Gasteiger charge is 2.42. The minimum absolute atomic E-state index is 0.115. The number of nitrogens with two attached hydrogens (primary N) is 1. The lowest BCUT2D eigenvalue weighted by molar-refractivity contribution is -0.141. The number of carbonyl (C=O) groups excluding carboxylic acids is 1. The van der Waals surface area contributed by atoms with Crippen molar-refractivity contribution in [2.24, 2.45) is 17.1 Å². The van der Waals surface area contributed by atoms with Gasteiger partial charge in [-0.05, 0) is 31.6 Å². The molecule has 2 atom stereocenters. The molecule has 1 aliphatic carbocycles. The Morgan fingerprint density at radius 3 is 2.26 bits per heavy atom. The Bertz CT molecular complexity index is 339. The number of amides is 1. The van der Waals surface area contributed by atoms with E-state index in [1.807, 2.05) is 25.8 Å². The first-order valence-corrected chi connectivity index (χ1v) is 7.88. The van der Waals surface area contributed by atoms with Gasteiger partial charge in [0.25, 0.3) is 0 Å². The summed E-state index contributed by atoms with van der Waals surface area (Å²) in [5.41, 5.74) is 5.23. The van der Waals surface area contributed by atoms with Crippen molar-refractivity contribution in [3.05, 3.63) is 0 Å². The van der Waals surface area contributed by atoms with Gasteiger partial charge in [-0.2, -0.15) is 0 Å².